The van der Waals surface area contributed by atoms with Gasteiger partial charge in [0.15, 0.2) is 0 Å². The highest BCUT2D eigenvalue weighted by Crippen LogP contribution is 2.17. The third-order valence-electron chi connectivity index (χ3n) is 2.90. The largest absolute Gasteiger partial charge is 0.330 e. The maximum absolute atomic E-state index is 12.0. The summed E-state index contributed by atoms with van der Waals surface area (Å²) < 4.78 is 2.63. The van der Waals surface area contributed by atoms with Gasteiger partial charge in [-0.25, -0.2) is 4.79 Å². The molecule has 0 bridgehead atoms. The lowest BCUT2D eigenvalue weighted by atomic mass is 10.1. The lowest BCUT2D eigenvalue weighted by molar-refractivity contribution is 0.675. The zero-order chi connectivity index (χ0) is 12.6. The molecule has 4 heteroatoms. The van der Waals surface area contributed by atoms with Crippen LogP contribution in [0.1, 0.15) is 18.2 Å². The van der Waals surface area contributed by atoms with E-state index in [2.05, 4.69) is 0 Å². The number of hydrogen-bond donors (Lipinski definition) is 0. The average molecular weight is 230 g/mol. The van der Waals surface area contributed by atoms with E-state index in [1.807, 2.05) is 25.2 Å². The Bertz CT molecular complexity index is 670. The van der Waals surface area contributed by atoms with Gasteiger partial charge in [0.1, 0.15) is 0 Å². The number of fused-ring (bicyclic) bond motifs is 1. The van der Waals surface area contributed by atoms with Crippen molar-refractivity contribution in [3.8, 4) is 0 Å². The Hall–Kier alpha value is -2.10. The minimum Gasteiger partial charge on any atom is -0.296 e. The summed E-state index contributed by atoms with van der Waals surface area (Å²) in [4.78, 5) is 23.9. The predicted molar refractivity (Wildman–Crippen MR) is 68.7 cm³/mol. The SMILES string of the molecule is C/C1=C/C=C\C=C/c2c1n(C)c(=O)n(C)c2=O. The Balaban J connectivity index is 2.99. The Labute approximate surface area is 98.8 Å². The van der Waals surface area contributed by atoms with E-state index in [-0.39, 0.29) is 11.2 Å². The quantitative estimate of drug-likeness (QED) is 0.669. The van der Waals surface area contributed by atoms with E-state index in [4.69, 9.17) is 0 Å². The van der Waals surface area contributed by atoms with Gasteiger partial charge >= 0.3 is 5.69 Å². The van der Waals surface area contributed by atoms with E-state index in [0.717, 1.165) is 10.1 Å². The molecule has 1 aromatic rings. The zero-order valence-corrected chi connectivity index (χ0v) is 10.1. The van der Waals surface area contributed by atoms with Crippen LogP contribution in [-0.4, -0.2) is 9.13 Å². The van der Waals surface area contributed by atoms with E-state index >= 15 is 0 Å². The third-order valence-corrected chi connectivity index (χ3v) is 2.90. The van der Waals surface area contributed by atoms with Crippen LogP contribution in [0, 0.1) is 0 Å². The molecule has 0 atom stereocenters. The van der Waals surface area contributed by atoms with Gasteiger partial charge in [-0.15, -0.1) is 0 Å². The Morgan fingerprint density at radius 1 is 1.00 bits per heavy atom. The third kappa shape index (κ3) is 1.71. The van der Waals surface area contributed by atoms with Crippen molar-refractivity contribution >= 4 is 11.6 Å². The van der Waals surface area contributed by atoms with Crippen molar-refractivity contribution in [2.75, 3.05) is 0 Å². The summed E-state index contributed by atoms with van der Waals surface area (Å²) in [5.74, 6) is 0. The number of rotatable bonds is 0. The summed E-state index contributed by atoms with van der Waals surface area (Å²) in [6.45, 7) is 1.89. The molecule has 0 fully saturated rings. The molecule has 0 amide bonds. The van der Waals surface area contributed by atoms with Crippen molar-refractivity contribution in [1.82, 2.24) is 9.13 Å². The predicted octanol–water partition coefficient (Wildman–Crippen LogP) is 1.07. The molecule has 1 aromatic heterocycles. The van der Waals surface area contributed by atoms with Crippen LogP contribution >= 0.6 is 0 Å². The first-order chi connectivity index (χ1) is 8.04. The van der Waals surface area contributed by atoms with Crippen LogP contribution in [0.4, 0.5) is 0 Å². The van der Waals surface area contributed by atoms with Gasteiger partial charge in [0, 0.05) is 14.1 Å². The number of aromatic nitrogens is 2. The lowest BCUT2D eigenvalue weighted by Crippen LogP contribution is -2.40. The van der Waals surface area contributed by atoms with Crippen molar-refractivity contribution in [1.29, 1.82) is 0 Å². The van der Waals surface area contributed by atoms with Crippen LogP contribution in [0.25, 0.3) is 11.6 Å². The molecule has 0 aromatic carbocycles. The average Bonchev–Trinajstić information content (AvgIpc) is 2.29. The molecule has 0 saturated carbocycles. The smallest absolute Gasteiger partial charge is 0.296 e. The summed E-state index contributed by atoms with van der Waals surface area (Å²) in [7, 11) is 3.17. The first-order valence-corrected chi connectivity index (χ1v) is 5.36. The zero-order valence-electron chi connectivity index (χ0n) is 10.1. The van der Waals surface area contributed by atoms with Crippen LogP contribution in [0.3, 0.4) is 0 Å². The van der Waals surface area contributed by atoms with E-state index in [1.54, 1.807) is 19.2 Å². The molecule has 0 N–H and O–H groups in total. The topological polar surface area (TPSA) is 44.0 Å². The minimum absolute atomic E-state index is 0.262. The van der Waals surface area contributed by atoms with Crippen LogP contribution in [0.5, 0.6) is 0 Å². The summed E-state index contributed by atoms with van der Waals surface area (Å²) in [6, 6.07) is 0. The maximum Gasteiger partial charge on any atom is 0.330 e. The van der Waals surface area contributed by atoms with Gasteiger partial charge in [-0.05, 0) is 18.6 Å². The second kappa shape index (κ2) is 4.05. The minimum atomic E-state index is -0.306. The van der Waals surface area contributed by atoms with E-state index in [9.17, 15) is 9.59 Å². The molecule has 0 saturated heterocycles. The van der Waals surface area contributed by atoms with Gasteiger partial charge in [0.2, 0.25) is 0 Å². The van der Waals surface area contributed by atoms with Gasteiger partial charge < -0.3 is 0 Å². The van der Waals surface area contributed by atoms with Gasteiger partial charge in [0.25, 0.3) is 5.56 Å². The maximum atomic E-state index is 12.0. The summed E-state index contributed by atoms with van der Waals surface area (Å²) in [6.07, 6.45) is 9.17. The molecule has 88 valence electrons. The highest BCUT2D eigenvalue weighted by molar-refractivity contribution is 5.72. The van der Waals surface area contributed by atoms with E-state index in [0.29, 0.717) is 11.3 Å². The van der Waals surface area contributed by atoms with Gasteiger partial charge in [-0.3, -0.25) is 13.9 Å². The van der Waals surface area contributed by atoms with Crippen molar-refractivity contribution in [3.05, 3.63) is 56.4 Å². The molecule has 0 spiro atoms. The van der Waals surface area contributed by atoms with Crippen molar-refractivity contribution in [2.45, 2.75) is 6.92 Å². The van der Waals surface area contributed by atoms with Crippen LogP contribution in [-0.2, 0) is 14.1 Å². The van der Waals surface area contributed by atoms with Crippen molar-refractivity contribution in [3.63, 3.8) is 0 Å². The van der Waals surface area contributed by atoms with Crippen molar-refractivity contribution < 1.29 is 0 Å². The van der Waals surface area contributed by atoms with Gasteiger partial charge in [0.05, 0.1) is 11.3 Å². The van der Waals surface area contributed by atoms with Crippen molar-refractivity contribution in [2.24, 2.45) is 14.1 Å². The summed E-state index contributed by atoms with van der Waals surface area (Å²) in [5, 5.41) is 0. The first-order valence-electron chi connectivity index (χ1n) is 5.36. The van der Waals surface area contributed by atoms with E-state index in [1.165, 1.54) is 11.6 Å². The fourth-order valence-electron chi connectivity index (χ4n) is 1.99. The van der Waals surface area contributed by atoms with Crippen LogP contribution < -0.4 is 11.2 Å². The second-order valence-corrected chi connectivity index (χ2v) is 4.06. The lowest BCUT2D eigenvalue weighted by Gasteiger charge is -2.14. The molecular formula is C13H14N2O2. The molecule has 1 aliphatic rings. The normalized spacial score (nSPS) is 20.8. The highest BCUT2D eigenvalue weighted by Gasteiger charge is 2.14. The van der Waals surface area contributed by atoms with Gasteiger partial charge in [-0.1, -0.05) is 24.3 Å². The summed E-state index contributed by atoms with van der Waals surface area (Å²) in [5.41, 5.74) is 1.56. The monoisotopic (exact) mass is 230 g/mol. The standard InChI is InChI=1S/C13H14N2O2/c1-9-7-5-4-6-8-10-11(9)14(2)13(17)15(3)12(10)16/h4-8H,1-3H3/b5-4-,6-4?,7-5?,8-6-,9-7-,10-8?,11-9?. The number of nitrogens with zero attached hydrogens (tertiary/aromatic N) is 2. The highest BCUT2D eigenvalue weighted by atomic mass is 16.2. The molecule has 4 nitrogen and oxygen atoms in total. The van der Waals surface area contributed by atoms with E-state index < -0.39 is 0 Å². The summed E-state index contributed by atoms with van der Waals surface area (Å²) >= 11 is 0. The molecule has 1 aliphatic carbocycles. The molecule has 17 heavy (non-hydrogen) atoms. The molecular weight excluding hydrogens is 216 g/mol. The Morgan fingerprint density at radius 3 is 2.41 bits per heavy atom. The first kappa shape index (κ1) is 11.4. The van der Waals surface area contributed by atoms with Crippen LogP contribution in [0.15, 0.2) is 33.9 Å². The molecule has 0 aliphatic heterocycles. The molecule has 0 unspecified atom stereocenters. The molecule has 0 radical (unpaired) electrons. The Kier molecular flexibility index (Phi) is 2.71. The van der Waals surface area contributed by atoms with Crippen LogP contribution in [0.2, 0.25) is 0 Å². The molecule has 2 rings (SSSR count). The second-order valence-electron chi connectivity index (χ2n) is 4.06. The Morgan fingerprint density at radius 2 is 1.71 bits per heavy atom. The number of hydrogen-bond acceptors (Lipinski definition) is 2. The number of allylic oxidation sites excluding steroid dienone is 5. The van der Waals surface area contributed by atoms with Gasteiger partial charge in [-0.2, -0.15) is 0 Å². The fourth-order valence-corrected chi connectivity index (χ4v) is 1.99. The fraction of sp³-hybridized carbons (Fsp3) is 0.231. The molecule has 1 heterocycles.